The number of carboxylic acids is 1. The van der Waals surface area contributed by atoms with E-state index in [-0.39, 0.29) is 30.8 Å². The molecule has 5 unspecified atom stereocenters. The van der Waals surface area contributed by atoms with Gasteiger partial charge in [0.1, 0.15) is 12.7 Å². The van der Waals surface area contributed by atoms with E-state index in [1.807, 2.05) is 0 Å². The summed E-state index contributed by atoms with van der Waals surface area (Å²) in [5, 5.41) is 32.9. The van der Waals surface area contributed by atoms with Crippen LogP contribution in [-0.2, 0) is 9.63 Å². The molecule has 2 rings (SSSR count). The maximum Gasteiger partial charge on any atom is 0.306 e. The molecule has 152 valence electrons. The normalized spacial score (nSPS) is 28.8. The molecule has 0 heterocycles. The molecule has 2 fully saturated rings. The first-order valence-electron chi connectivity index (χ1n) is 10.3. The van der Waals surface area contributed by atoms with Gasteiger partial charge in [-0.25, -0.2) is 0 Å². The molecule has 0 aromatic heterocycles. The lowest BCUT2D eigenvalue weighted by atomic mass is 9.71. The Labute approximate surface area is 162 Å². The maximum absolute atomic E-state index is 10.5. The Bertz CT molecular complexity index is 565. The summed E-state index contributed by atoms with van der Waals surface area (Å²) in [6.07, 6.45) is 7.96. The van der Waals surface area contributed by atoms with Crippen molar-refractivity contribution in [3.8, 4) is 11.8 Å². The number of carboxylic acid groups (broad SMARTS) is 1. The smallest absolute Gasteiger partial charge is 0.306 e. The van der Waals surface area contributed by atoms with E-state index in [0.29, 0.717) is 12.8 Å². The number of nitrogens with zero attached hydrogens (tertiary/aromatic N) is 1. The SMILES string of the molecule is CCCCCCCCC(O)C#CC1C(O)CC2C(=NOCCC(=O)O)CC21. The van der Waals surface area contributed by atoms with Crippen LogP contribution in [0.4, 0.5) is 0 Å². The highest BCUT2D eigenvalue weighted by molar-refractivity contribution is 5.93. The molecule has 6 heteroatoms. The van der Waals surface area contributed by atoms with Crippen molar-refractivity contribution >= 4 is 11.7 Å². The summed E-state index contributed by atoms with van der Waals surface area (Å²) in [5.41, 5.74) is 0.890. The third-order valence-corrected chi connectivity index (χ3v) is 5.60. The van der Waals surface area contributed by atoms with Crippen LogP contribution in [0.3, 0.4) is 0 Å². The van der Waals surface area contributed by atoms with E-state index in [9.17, 15) is 15.0 Å². The zero-order valence-electron chi connectivity index (χ0n) is 16.3. The monoisotopic (exact) mass is 379 g/mol. The van der Waals surface area contributed by atoms with Crippen LogP contribution >= 0.6 is 0 Å². The minimum Gasteiger partial charge on any atom is -0.481 e. The van der Waals surface area contributed by atoms with E-state index in [4.69, 9.17) is 9.94 Å². The van der Waals surface area contributed by atoms with Crippen LogP contribution in [0.1, 0.15) is 71.1 Å². The molecule has 0 amide bonds. The van der Waals surface area contributed by atoms with Gasteiger partial charge in [-0.3, -0.25) is 4.79 Å². The summed E-state index contributed by atoms with van der Waals surface area (Å²) in [5.74, 6) is 5.43. The first kappa shape index (κ1) is 21.7. The van der Waals surface area contributed by atoms with Crippen molar-refractivity contribution < 1.29 is 25.0 Å². The molecule has 3 N–H and O–H groups in total. The molecule has 6 nitrogen and oxygen atoms in total. The number of fused-ring (bicyclic) bond motifs is 1. The zero-order chi connectivity index (χ0) is 19.6. The van der Waals surface area contributed by atoms with Crippen molar-refractivity contribution in [2.24, 2.45) is 22.9 Å². The van der Waals surface area contributed by atoms with Crippen LogP contribution < -0.4 is 0 Å². The number of oxime groups is 1. The number of aliphatic carboxylic acids is 1. The van der Waals surface area contributed by atoms with Crippen molar-refractivity contribution in [2.45, 2.75) is 83.3 Å². The number of hydrogen-bond acceptors (Lipinski definition) is 5. The second-order valence-electron chi connectivity index (χ2n) is 7.72. The lowest BCUT2D eigenvalue weighted by molar-refractivity contribution is -0.138. The Kier molecular flexibility index (Phi) is 9.09. The molecular weight excluding hydrogens is 346 g/mol. The maximum atomic E-state index is 10.5. The van der Waals surface area contributed by atoms with Gasteiger partial charge in [-0.1, -0.05) is 56.0 Å². The number of rotatable bonds is 11. The van der Waals surface area contributed by atoms with Gasteiger partial charge < -0.3 is 20.2 Å². The molecule has 5 atom stereocenters. The van der Waals surface area contributed by atoms with E-state index >= 15 is 0 Å². The summed E-state index contributed by atoms with van der Waals surface area (Å²) in [6.45, 7) is 2.26. The molecule has 2 aliphatic carbocycles. The number of aliphatic hydroxyl groups is 2. The van der Waals surface area contributed by atoms with Gasteiger partial charge in [-0.2, -0.15) is 0 Å². The van der Waals surface area contributed by atoms with Crippen LogP contribution in [0, 0.1) is 29.6 Å². The van der Waals surface area contributed by atoms with Crippen molar-refractivity contribution in [1.82, 2.24) is 0 Å². The van der Waals surface area contributed by atoms with Gasteiger partial charge in [0.2, 0.25) is 0 Å². The zero-order valence-corrected chi connectivity index (χ0v) is 16.3. The predicted molar refractivity (Wildman–Crippen MR) is 103 cm³/mol. The third-order valence-electron chi connectivity index (χ3n) is 5.60. The van der Waals surface area contributed by atoms with Crippen LogP contribution in [0.5, 0.6) is 0 Å². The number of aliphatic hydroxyl groups excluding tert-OH is 2. The highest BCUT2D eigenvalue weighted by Crippen LogP contribution is 2.48. The highest BCUT2D eigenvalue weighted by atomic mass is 16.6. The van der Waals surface area contributed by atoms with Gasteiger partial charge in [0.05, 0.1) is 24.2 Å². The van der Waals surface area contributed by atoms with Gasteiger partial charge in [-0.05, 0) is 31.6 Å². The fourth-order valence-corrected chi connectivity index (χ4v) is 3.95. The third kappa shape index (κ3) is 6.82. The van der Waals surface area contributed by atoms with Crippen LogP contribution in [0.25, 0.3) is 0 Å². The molecule has 27 heavy (non-hydrogen) atoms. The highest BCUT2D eigenvalue weighted by Gasteiger charge is 2.51. The lowest BCUT2D eigenvalue weighted by Crippen LogP contribution is -2.36. The topological polar surface area (TPSA) is 99.4 Å². The molecule has 2 saturated carbocycles. The predicted octanol–water partition coefficient (Wildman–Crippen LogP) is 2.97. The number of carbonyl (C=O) groups is 1. The second kappa shape index (κ2) is 11.3. The van der Waals surface area contributed by atoms with E-state index in [1.165, 1.54) is 25.7 Å². The average molecular weight is 379 g/mol. The molecular formula is C21H33NO5. The summed E-state index contributed by atoms with van der Waals surface area (Å²) in [6, 6.07) is 0. The first-order valence-corrected chi connectivity index (χ1v) is 10.3. The Balaban J connectivity index is 1.70. The van der Waals surface area contributed by atoms with Gasteiger partial charge in [-0.15, -0.1) is 0 Å². The van der Waals surface area contributed by atoms with Crippen molar-refractivity contribution in [1.29, 1.82) is 0 Å². The van der Waals surface area contributed by atoms with Crippen LogP contribution in [0.15, 0.2) is 5.16 Å². The van der Waals surface area contributed by atoms with E-state index in [2.05, 4.69) is 23.9 Å². The average Bonchev–Trinajstić information content (AvgIpc) is 2.86. The summed E-state index contributed by atoms with van der Waals surface area (Å²) in [4.78, 5) is 15.5. The Morgan fingerprint density at radius 2 is 2.04 bits per heavy atom. The molecule has 2 aliphatic rings. The van der Waals surface area contributed by atoms with E-state index in [0.717, 1.165) is 25.0 Å². The Hall–Kier alpha value is -1.58. The van der Waals surface area contributed by atoms with Gasteiger partial charge in [0, 0.05) is 5.92 Å². The minimum absolute atomic E-state index is 0.0621. The van der Waals surface area contributed by atoms with Crippen LogP contribution in [0.2, 0.25) is 0 Å². The Morgan fingerprint density at radius 3 is 2.78 bits per heavy atom. The van der Waals surface area contributed by atoms with Gasteiger partial charge in [0.15, 0.2) is 0 Å². The van der Waals surface area contributed by atoms with Gasteiger partial charge in [0.25, 0.3) is 0 Å². The summed E-state index contributed by atoms with van der Waals surface area (Å²) in [7, 11) is 0. The molecule has 0 aromatic carbocycles. The molecule has 0 bridgehead atoms. The quantitative estimate of drug-likeness (QED) is 0.291. The van der Waals surface area contributed by atoms with E-state index in [1.54, 1.807) is 0 Å². The lowest BCUT2D eigenvalue weighted by Gasteiger charge is -2.33. The van der Waals surface area contributed by atoms with E-state index < -0.39 is 18.2 Å². The molecule has 0 spiro atoms. The standard InChI is InChI=1S/C21H33NO5/c1-2-3-4-5-6-7-8-15(23)9-10-16-17-13-19(18(17)14-20(16)24)22-27-12-11-21(25)26/h15-18,20,23-24H,2-8,11-14H2,1H3,(H,25,26). The largest absolute Gasteiger partial charge is 0.481 e. The van der Waals surface area contributed by atoms with Crippen molar-refractivity contribution in [3.05, 3.63) is 0 Å². The molecule has 0 saturated heterocycles. The minimum atomic E-state index is -0.909. The molecule has 0 aromatic rings. The fraction of sp³-hybridized carbons (Fsp3) is 0.810. The second-order valence-corrected chi connectivity index (χ2v) is 7.72. The first-order chi connectivity index (χ1) is 13.0. The summed E-state index contributed by atoms with van der Waals surface area (Å²) >= 11 is 0. The molecule has 0 aliphatic heterocycles. The van der Waals surface area contributed by atoms with Crippen molar-refractivity contribution in [3.63, 3.8) is 0 Å². The van der Waals surface area contributed by atoms with Gasteiger partial charge >= 0.3 is 5.97 Å². The fourth-order valence-electron chi connectivity index (χ4n) is 3.95. The number of hydrogen-bond donors (Lipinski definition) is 3. The molecule has 0 radical (unpaired) electrons. The number of unbranched alkanes of at least 4 members (excludes halogenated alkanes) is 5. The summed E-state index contributed by atoms with van der Waals surface area (Å²) < 4.78 is 0. The van der Waals surface area contributed by atoms with Crippen LogP contribution in [-0.4, -0.2) is 45.8 Å². The Morgan fingerprint density at radius 1 is 1.30 bits per heavy atom. The van der Waals surface area contributed by atoms with Crippen molar-refractivity contribution in [2.75, 3.05) is 6.61 Å².